The molecule has 17 heavy (non-hydrogen) atoms. The van der Waals surface area contributed by atoms with E-state index in [0.29, 0.717) is 5.56 Å². The van der Waals surface area contributed by atoms with Gasteiger partial charge in [-0.1, -0.05) is 6.07 Å². The van der Waals surface area contributed by atoms with Gasteiger partial charge in [-0.15, -0.1) is 11.3 Å². The van der Waals surface area contributed by atoms with Crippen molar-refractivity contribution >= 4 is 27.3 Å². The van der Waals surface area contributed by atoms with Crippen LogP contribution in [0.1, 0.15) is 16.5 Å². The van der Waals surface area contributed by atoms with E-state index in [4.69, 9.17) is 4.74 Å². The summed E-state index contributed by atoms with van der Waals surface area (Å²) in [5, 5.41) is 11.9. The molecule has 0 aliphatic rings. The van der Waals surface area contributed by atoms with Gasteiger partial charge in [-0.3, -0.25) is 0 Å². The van der Waals surface area contributed by atoms with Crippen LogP contribution < -0.4 is 4.74 Å². The lowest BCUT2D eigenvalue weighted by molar-refractivity contribution is 0.223. The molecular weight excluding hydrogens is 307 g/mol. The minimum Gasteiger partial charge on any atom is -0.494 e. The highest BCUT2D eigenvalue weighted by atomic mass is 79.9. The van der Waals surface area contributed by atoms with E-state index in [1.807, 2.05) is 11.4 Å². The Balaban J connectivity index is 2.31. The second kappa shape index (κ2) is 5.16. The summed E-state index contributed by atoms with van der Waals surface area (Å²) >= 11 is 4.73. The van der Waals surface area contributed by atoms with Crippen LogP contribution in [0.2, 0.25) is 0 Å². The molecule has 1 aromatic heterocycles. The zero-order chi connectivity index (χ0) is 12.4. The van der Waals surface area contributed by atoms with Crippen molar-refractivity contribution in [3.63, 3.8) is 0 Å². The Morgan fingerprint density at radius 1 is 1.41 bits per heavy atom. The third-order valence-electron chi connectivity index (χ3n) is 2.35. The highest BCUT2D eigenvalue weighted by Gasteiger charge is 2.14. The van der Waals surface area contributed by atoms with Crippen LogP contribution in [-0.2, 0) is 0 Å². The number of hydrogen-bond acceptors (Lipinski definition) is 3. The molecule has 0 saturated carbocycles. The van der Waals surface area contributed by atoms with Crippen molar-refractivity contribution in [2.45, 2.75) is 6.10 Å². The van der Waals surface area contributed by atoms with Gasteiger partial charge >= 0.3 is 0 Å². The van der Waals surface area contributed by atoms with Crippen molar-refractivity contribution in [3.05, 3.63) is 50.4 Å². The lowest BCUT2D eigenvalue weighted by Crippen LogP contribution is -1.98. The fourth-order valence-corrected chi connectivity index (χ4v) is 2.94. The number of aliphatic hydroxyl groups is 1. The molecule has 1 unspecified atom stereocenters. The van der Waals surface area contributed by atoms with Crippen molar-refractivity contribution in [2.75, 3.05) is 7.11 Å². The molecule has 0 radical (unpaired) electrons. The van der Waals surface area contributed by atoms with Crippen LogP contribution in [0.3, 0.4) is 0 Å². The molecule has 2 rings (SSSR count). The summed E-state index contributed by atoms with van der Waals surface area (Å²) in [5.74, 6) is -0.298. The predicted octanol–water partition coefficient (Wildman–Crippen LogP) is 3.74. The molecule has 0 amide bonds. The van der Waals surface area contributed by atoms with E-state index in [1.165, 1.54) is 30.6 Å². The van der Waals surface area contributed by atoms with E-state index < -0.39 is 11.9 Å². The molecule has 0 bridgehead atoms. The van der Waals surface area contributed by atoms with Crippen molar-refractivity contribution in [1.82, 2.24) is 0 Å². The monoisotopic (exact) mass is 316 g/mol. The molecule has 1 heterocycles. The van der Waals surface area contributed by atoms with Crippen molar-refractivity contribution < 1.29 is 14.2 Å². The maximum atomic E-state index is 13.5. The van der Waals surface area contributed by atoms with Crippen molar-refractivity contribution in [3.8, 4) is 5.75 Å². The third-order valence-corrected chi connectivity index (χ3v) is 4.09. The molecule has 1 aromatic carbocycles. The van der Waals surface area contributed by atoms with Gasteiger partial charge in [0.2, 0.25) is 0 Å². The van der Waals surface area contributed by atoms with Crippen LogP contribution in [-0.4, -0.2) is 12.2 Å². The van der Waals surface area contributed by atoms with Gasteiger partial charge in [-0.25, -0.2) is 4.39 Å². The van der Waals surface area contributed by atoms with Gasteiger partial charge < -0.3 is 9.84 Å². The molecule has 0 spiro atoms. The lowest BCUT2D eigenvalue weighted by Gasteiger charge is -2.10. The minimum atomic E-state index is -0.813. The predicted molar refractivity (Wildman–Crippen MR) is 69.0 cm³/mol. The van der Waals surface area contributed by atoms with Gasteiger partial charge in [0, 0.05) is 14.7 Å². The summed E-state index contributed by atoms with van der Waals surface area (Å²) in [4.78, 5) is 0.765. The number of rotatable bonds is 3. The smallest absolute Gasteiger partial charge is 0.165 e. The summed E-state index contributed by atoms with van der Waals surface area (Å²) in [6.45, 7) is 0. The SMILES string of the molecule is COc1ccc(C(O)c2cc(Br)cs2)cc1F. The molecule has 0 aliphatic carbocycles. The van der Waals surface area contributed by atoms with Crippen LogP contribution in [0.15, 0.2) is 34.1 Å². The normalized spacial score (nSPS) is 12.5. The Labute approximate surface area is 111 Å². The van der Waals surface area contributed by atoms with Crippen LogP contribution in [0, 0.1) is 5.82 Å². The van der Waals surface area contributed by atoms with Crippen LogP contribution in [0.5, 0.6) is 5.75 Å². The largest absolute Gasteiger partial charge is 0.494 e. The van der Waals surface area contributed by atoms with E-state index in [1.54, 1.807) is 6.07 Å². The molecule has 90 valence electrons. The van der Waals surface area contributed by atoms with E-state index >= 15 is 0 Å². The molecule has 0 aliphatic heterocycles. The summed E-state index contributed by atoms with van der Waals surface area (Å²) in [5.41, 5.74) is 0.512. The maximum Gasteiger partial charge on any atom is 0.165 e. The molecular formula is C12H10BrFO2S. The topological polar surface area (TPSA) is 29.5 Å². The second-order valence-corrected chi connectivity index (χ2v) is 5.32. The Morgan fingerprint density at radius 2 is 2.18 bits per heavy atom. The third kappa shape index (κ3) is 2.68. The average molecular weight is 317 g/mol. The zero-order valence-electron chi connectivity index (χ0n) is 8.98. The number of aliphatic hydroxyl groups excluding tert-OH is 1. The van der Waals surface area contributed by atoms with E-state index in [2.05, 4.69) is 15.9 Å². The Hall–Kier alpha value is -0.910. The van der Waals surface area contributed by atoms with Gasteiger partial charge in [-0.05, 0) is 39.7 Å². The van der Waals surface area contributed by atoms with Gasteiger partial charge in [0.25, 0.3) is 0 Å². The fraction of sp³-hybridized carbons (Fsp3) is 0.167. The van der Waals surface area contributed by atoms with Gasteiger partial charge in [-0.2, -0.15) is 0 Å². The van der Waals surface area contributed by atoms with E-state index in [0.717, 1.165) is 9.35 Å². The Bertz CT molecular complexity index is 527. The number of thiophene rings is 1. The standard InChI is InChI=1S/C12H10BrFO2S/c1-16-10-3-2-7(4-9(10)14)12(15)11-5-8(13)6-17-11/h2-6,12,15H,1H3. The van der Waals surface area contributed by atoms with Crippen LogP contribution >= 0.6 is 27.3 Å². The molecule has 0 saturated heterocycles. The summed E-state index contributed by atoms with van der Waals surface area (Å²) in [7, 11) is 1.41. The molecule has 5 heteroatoms. The Morgan fingerprint density at radius 3 is 2.71 bits per heavy atom. The second-order valence-electron chi connectivity index (χ2n) is 3.46. The number of ether oxygens (including phenoxy) is 1. The average Bonchev–Trinajstić information content (AvgIpc) is 2.75. The zero-order valence-corrected chi connectivity index (χ0v) is 11.4. The molecule has 1 N–H and O–H groups in total. The van der Waals surface area contributed by atoms with E-state index in [9.17, 15) is 9.50 Å². The fourth-order valence-electron chi connectivity index (χ4n) is 1.49. The molecule has 2 nitrogen and oxygen atoms in total. The minimum absolute atomic E-state index is 0.174. The molecule has 1 atom stereocenters. The maximum absolute atomic E-state index is 13.5. The number of benzene rings is 1. The summed E-state index contributed by atoms with van der Waals surface area (Å²) in [6.07, 6.45) is -0.813. The number of halogens is 2. The first-order chi connectivity index (χ1) is 8.11. The molecule has 2 aromatic rings. The number of methoxy groups -OCH3 is 1. The summed E-state index contributed by atoms with van der Waals surface area (Å²) in [6, 6.07) is 6.27. The highest BCUT2D eigenvalue weighted by Crippen LogP contribution is 2.31. The first-order valence-corrected chi connectivity index (χ1v) is 6.54. The van der Waals surface area contributed by atoms with Gasteiger partial charge in [0.1, 0.15) is 6.10 Å². The molecule has 0 fully saturated rings. The van der Waals surface area contributed by atoms with Crippen LogP contribution in [0.4, 0.5) is 4.39 Å². The first-order valence-electron chi connectivity index (χ1n) is 4.87. The first kappa shape index (κ1) is 12.5. The van der Waals surface area contributed by atoms with Gasteiger partial charge in [0.05, 0.1) is 7.11 Å². The highest BCUT2D eigenvalue weighted by molar-refractivity contribution is 9.10. The van der Waals surface area contributed by atoms with Crippen molar-refractivity contribution in [1.29, 1.82) is 0 Å². The number of hydrogen-bond donors (Lipinski definition) is 1. The van der Waals surface area contributed by atoms with Gasteiger partial charge in [0.15, 0.2) is 11.6 Å². The summed E-state index contributed by atoms with van der Waals surface area (Å²) < 4.78 is 19.2. The Kier molecular flexibility index (Phi) is 3.81. The lowest BCUT2D eigenvalue weighted by atomic mass is 10.1. The van der Waals surface area contributed by atoms with Crippen molar-refractivity contribution in [2.24, 2.45) is 0 Å². The van der Waals surface area contributed by atoms with Crippen LogP contribution in [0.25, 0.3) is 0 Å². The van der Waals surface area contributed by atoms with E-state index in [-0.39, 0.29) is 5.75 Å². The quantitative estimate of drug-likeness (QED) is 0.934.